The van der Waals surface area contributed by atoms with Gasteiger partial charge in [0.2, 0.25) is 0 Å². The van der Waals surface area contributed by atoms with Crippen LogP contribution in [0.2, 0.25) is 0 Å². The lowest BCUT2D eigenvalue weighted by molar-refractivity contribution is -0.150. The monoisotopic (exact) mass is 267 g/mol. The molecule has 4 heteroatoms. The number of benzene rings is 1. The van der Waals surface area contributed by atoms with Gasteiger partial charge in [0.05, 0.1) is 5.41 Å². The normalized spacial score (nSPS) is 11.8. The van der Waals surface area contributed by atoms with Crippen LogP contribution in [0.5, 0.6) is 0 Å². The summed E-state index contributed by atoms with van der Waals surface area (Å²) in [6.07, 6.45) is 1.21. The Morgan fingerprint density at radius 3 is 2.21 bits per heavy atom. The van der Waals surface area contributed by atoms with Crippen LogP contribution in [0.1, 0.15) is 32.3 Å². The Morgan fingerprint density at radius 2 is 1.79 bits per heavy atom. The quantitative estimate of drug-likeness (QED) is 0.825. The molecule has 0 heterocycles. The van der Waals surface area contributed by atoms with Crippen molar-refractivity contribution in [3.8, 4) is 0 Å². The molecule has 0 aliphatic rings. The summed E-state index contributed by atoms with van der Waals surface area (Å²) in [5.74, 6) is -1.00. The average molecular weight is 267 g/mol. The summed E-state index contributed by atoms with van der Waals surface area (Å²) >= 11 is 0. The lowest BCUT2D eigenvalue weighted by Crippen LogP contribution is -2.40. The van der Waals surface area contributed by atoms with Gasteiger partial charge in [-0.2, -0.15) is 0 Å². The van der Waals surface area contributed by atoms with Crippen molar-refractivity contribution in [2.24, 2.45) is 5.41 Å². The summed E-state index contributed by atoms with van der Waals surface area (Å²) in [4.78, 5) is 13.4. The molecule has 0 unspecified atom stereocenters. The zero-order chi connectivity index (χ0) is 14.5. The van der Waals surface area contributed by atoms with E-state index in [1.807, 2.05) is 25.8 Å². The number of hydrogen-bond donors (Lipinski definition) is 1. The van der Waals surface area contributed by atoms with E-state index in [0.717, 1.165) is 5.56 Å². The Morgan fingerprint density at radius 1 is 1.26 bits per heavy atom. The van der Waals surface area contributed by atoms with Crippen molar-refractivity contribution in [3.05, 3.63) is 35.6 Å². The van der Waals surface area contributed by atoms with Crippen LogP contribution in [0.25, 0.3) is 0 Å². The Kier molecular flexibility index (Phi) is 5.48. The highest BCUT2D eigenvalue weighted by molar-refractivity contribution is 5.74. The van der Waals surface area contributed by atoms with Gasteiger partial charge in [-0.05, 0) is 37.6 Å². The molecular formula is C15H22FNO2. The molecule has 3 nitrogen and oxygen atoms in total. The molecule has 0 amide bonds. The number of carboxylic acids is 1. The molecule has 19 heavy (non-hydrogen) atoms. The molecular weight excluding hydrogens is 245 g/mol. The SMILES string of the molecule is CCC(CC)(CN(C)Cc1ccc(F)cc1)C(=O)O. The van der Waals surface area contributed by atoms with E-state index in [2.05, 4.69) is 0 Å². The zero-order valence-corrected chi connectivity index (χ0v) is 11.8. The second kappa shape index (κ2) is 6.66. The van der Waals surface area contributed by atoms with E-state index < -0.39 is 11.4 Å². The Hall–Kier alpha value is -1.42. The minimum absolute atomic E-state index is 0.256. The highest BCUT2D eigenvalue weighted by atomic mass is 19.1. The predicted octanol–water partition coefficient (Wildman–Crippen LogP) is 3.15. The van der Waals surface area contributed by atoms with Gasteiger partial charge in [0.1, 0.15) is 5.82 Å². The Balaban J connectivity index is 2.70. The first-order chi connectivity index (χ1) is 8.93. The van der Waals surface area contributed by atoms with E-state index in [9.17, 15) is 14.3 Å². The third-order valence-electron chi connectivity index (χ3n) is 3.75. The number of aliphatic carboxylic acids is 1. The predicted molar refractivity (Wildman–Crippen MR) is 73.4 cm³/mol. The van der Waals surface area contributed by atoms with Crippen LogP contribution >= 0.6 is 0 Å². The van der Waals surface area contributed by atoms with Crippen molar-refractivity contribution in [1.82, 2.24) is 4.90 Å². The first kappa shape index (κ1) is 15.6. The maximum absolute atomic E-state index is 12.8. The van der Waals surface area contributed by atoms with E-state index in [0.29, 0.717) is 25.9 Å². The van der Waals surface area contributed by atoms with Gasteiger partial charge in [-0.3, -0.25) is 4.79 Å². The number of carboxylic acid groups (broad SMARTS) is 1. The van der Waals surface area contributed by atoms with Crippen molar-refractivity contribution in [3.63, 3.8) is 0 Å². The number of rotatable bonds is 7. The van der Waals surface area contributed by atoms with Crippen LogP contribution < -0.4 is 0 Å². The molecule has 106 valence electrons. The largest absolute Gasteiger partial charge is 0.481 e. The molecule has 1 rings (SSSR count). The van der Waals surface area contributed by atoms with Gasteiger partial charge in [-0.1, -0.05) is 26.0 Å². The van der Waals surface area contributed by atoms with E-state index in [1.54, 1.807) is 12.1 Å². The van der Waals surface area contributed by atoms with Crippen LogP contribution in [-0.2, 0) is 11.3 Å². The smallest absolute Gasteiger partial charge is 0.310 e. The van der Waals surface area contributed by atoms with E-state index in [1.165, 1.54) is 12.1 Å². The van der Waals surface area contributed by atoms with E-state index in [4.69, 9.17) is 0 Å². The van der Waals surface area contributed by atoms with Crippen LogP contribution in [0, 0.1) is 11.2 Å². The van der Waals surface area contributed by atoms with Crippen molar-refractivity contribution < 1.29 is 14.3 Å². The van der Waals surface area contributed by atoms with Crippen molar-refractivity contribution >= 4 is 5.97 Å². The molecule has 1 aromatic carbocycles. The summed E-state index contributed by atoms with van der Waals surface area (Å²) in [6.45, 7) is 4.93. The molecule has 0 radical (unpaired) electrons. The highest BCUT2D eigenvalue weighted by Crippen LogP contribution is 2.28. The fraction of sp³-hybridized carbons (Fsp3) is 0.533. The minimum Gasteiger partial charge on any atom is -0.481 e. The van der Waals surface area contributed by atoms with Gasteiger partial charge < -0.3 is 10.0 Å². The molecule has 0 fully saturated rings. The second-order valence-electron chi connectivity index (χ2n) is 5.09. The third kappa shape index (κ3) is 4.03. The molecule has 0 atom stereocenters. The van der Waals surface area contributed by atoms with Gasteiger partial charge in [0, 0.05) is 13.1 Å². The van der Waals surface area contributed by atoms with E-state index in [-0.39, 0.29) is 5.82 Å². The Bertz CT molecular complexity index is 413. The molecule has 0 aliphatic heterocycles. The molecule has 1 aromatic rings. The first-order valence-corrected chi connectivity index (χ1v) is 6.60. The number of carbonyl (C=O) groups is 1. The second-order valence-corrected chi connectivity index (χ2v) is 5.09. The molecule has 0 spiro atoms. The molecule has 0 bridgehead atoms. The van der Waals surface area contributed by atoms with Crippen LogP contribution in [0.3, 0.4) is 0 Å². The average Bonchev–Trinajstić information content (AvgIpc) is 2.38. The fourth-order valence-corrected chi connectivity index (χ4v) is 2.32. The summed E-state index contributed by atoms with van der Waals surface area (Å²) in [6, 6.07) is 6.30. The molecule has 0 saturated heterocycles. The summed E-state index contributed by atoms with van der Waals surface area (Å²) < 4.78 is 12.8. The summed E-state index contributed by atoms with van der Waals surface area (Å²) in [5, 5.41) is 9.40. The topological polar surface area (TPSA) is 40.5 Å². The maximum Gasteiger partial charge on any atom is 0.310 e. The van der Waals surface area contributed by atoms with Gasteiger partial charge in [-0.25, -0.2) is 4.39 Å². The van der Waals surface area contributed by atoms with Gasteiger partial charge in [0.25, 0.3) is 0 Å². The standard InChI is InChI=1S/C15H22FNO2/c1-4-15(5-2,14(18)19)11-17(3)10-12-6-8-13(16)9-7-12/h6-9H,4-5,10-11H2,1-3H3,(H,18,19). The molecule has 0 aromatic heterocycles. The van der Waals surface area contributed by atoms with E-state index >= 15 is 0 Å². The minimum atomic E-state index is -0.747. The number of hydrogen-bond acceptors (Lipinski definition) is 2. The number of nitrogens with zero attached hydrogens (tertiary/aromatic N) is 1. The van der Waals surface area contributed by atoms with Crippen molar-refractivity contribution in [2.75, 3.05) is 13.6 Å². The zero-order valence-electron chi connectivity index (χ0n) is 11.8. The molecule has 0 saturated carbocycles. The van der Waals surface area contributed by atoms with Gasteiger partial charge >= 0.3 is 5.97 Å². The van der Waals surface area contributed by atoms with Crippen molar-refractivity contribution in [1.29, 1.82) is 0 Å². The van der Waals surface area contributed by atoms with Gasteiger partial charge in [-0.15, -0.1) is 0 Å². The lowest BCUT2D eigenvalue weighted by atomic mass is 9.82. The molecule has 1 N–H and O–H groups in total. The summed E-state index contributed by atoms with van der Waals surface area (Å²) in [5.41, 5.74) is 0.282. The summed E-state index contributed by atoms with van der Waals surface area (Å²) in [7, 11) is 1.90. The third-order valence-corrected chi connectivity index (χ3v) is 3.75. The fourth-order valence-electron chi connectivity index (χ4n) is 2.32. The number of halogens is 1. The maximum atomic E-state index is 12.8. The van der Waals surface area contributed by atoms with Gasteiger partial charge in [0.15, 0.2) is 0 Å². The van der Waals surface area contributed by atoms with Crippen LogP contribution in [0.15, 0.2) is 24.3 Å². The lowest BCUT2D eigenvalue weighted by Gasteiger charge is -2.31. The van der Waals surface area contributed by atoms with Crippen LogP contribution in [0.4, 0.5) is 4.39 Å². The first-order valence-electron chi connectivity index (χ1n) is 6.60. The van der Waals surface area contributed by atoms with Crippen LogP contribution in [-0.4, -0.2) is 29.6 Å². The molecule has 0 aliphatic carbocycles. The highest BCUT2D eigenvalue weighted by Gasteiger charge is 2.35. The van der Waals surface area contributed by atoms with Crippen molar-refractivity contribution in [2.45, 2.75) is 33.2 Å². The Labute approximate surface area is 114 Å².